The highest BCUT2D eigenvalue weighted by Crippen LogP contribution is 2.04. The van der Waals surface area contributed by atoms with Crippen LogP contribution in [0, 0.1) is 0 Å². The van der Waals surface area contributed by atoms with E-state index in [-0.39, 0.29) is 0 Å². The van der Waals surface area contributed by atoms with Crippen LogP contribution in [-0.2, 0) is 4.18 Å². The van der Waals surface area contributed by atoms with Gasteiger partial charge in [0.25, 0.3) is 0 Å². The maximum Gasteiger partial charge on any atom is 0.143 e. The molecule has 2 nitrogen and oxygen atoms in total. The Labute approximate surface area is 79.2 Å². The summed E-state index contributed by atoms with van der Waals surface area (Å²) >= 11 is 1.56. The summed E-state index contributed by atoms with van der Waals surface area (Å²) in [5, 5.41) is 0. The predicted molar refractivity (Wildman–Crippen MR) is 54.0 cm³/mol. The average Bonchev–Trinajstić information content (AvgIpc) is 2.14. The van der Waals surface area contributed by atoms with E-state index in [0.29, 0.717) is 0 Å². The van der Waals surface area contributed by atoms with Crippen LogP contribution in [0.5, 0.6) is 0 Å². The Morgan fingerprint density at radius 2 is 2.42 bits per heavy atom. The maximum absolute atomic E-state index is 4.92. The van der Waals surface area contributed by atoms with Crippen LogP contribution in [0.15, 0.2) is 0 Å². The standard InChI is InChI=1S/C9H18NOS/c1-11-12-9-5-8-10-6-3-2-4-7-10/h6H,2-5,7-9H2,1H3/q+1. The first-order valence-electron chi connectivity index (χ1n) is 4.66. The van der Waals surface area contributed by atoms with Crippen molar-refractivity contribution in [2.24, 2.45) is 0 Å². The molecule has 3 heteroatoms. The molecule has 1 aliphatic rings. The summed E-state index contributed by atoms with van der Waals surface area (Å²) < 4.78 is 7.36. The molecule has 0 fully saturated rings. The van der Waals surface area contributed by atoms with E-state index in [1.54, 1.807) is 19.2 Å². The molecule has 1 rings (SSSR count). The minimum atomic E-state index is 1.11. The summed E-state index contributed by atoms with van der Waals surface area (Å²) in [4.78, 5) is 0. The summed E-state index contributed by atoms with van der Waals surface area (Å²) in [5.74, 6) is 1.11. The Morgan fingerprint density at radius 1 is 1.50 bits per heavy atom. The van der Waals surface area contributed by atoms with Gasteiger partial charge in [-0.05, 0) is 18.5 Å². The van der Waals surface area contributed by atoms with E-state index in [1.165, 1.54) is 38.8 Å². The van der Waals surface area contributed by atoms with Gasteiger partial charge >= 0.3 is 0 Å². The van der Waals surface area contributed by atoms with Crippen molar-refractivity contribution in [1.29, 1.82) is 0 Å². The molecule has 0 saturated heterocycles. The Balaban J connectivity index is 2.01. The van der Waals surface area contributed by atoms with Crippen molar-refractivity contribution in [1.82, 2.24) is 0 Å². The molecular formula is C9H18NOS+. The lowest BCUT2D eigenvalue weighted by atomic mass is 10.2. The fourth-order valence-electron chi connectivity index (χ4n) is 1.44. The molecule has 0 unspecified atom stereocenters. The first kappa shape index (κ1) is 10.1. The third-order valence-electron chi connectivity index (χ3n) is 2.08. The zero-order chi connectivity index (χ0) is 8.65. The largest absolute Gasteiger partial charge is 0.319 e. The van der Waals surface area contributed by atoms with E-state index in [2.05, 4.69) is 10.8 Å². The third-order valence-corrected chi connectivity index (χ3v) is 2.77. The molecule has 0 aliphatic carbocycles. The molecule has 0 spiro atoms. The van der Waals surface area contributed by atoms with Gasteiger partial charge in [-0.25, -0.2) is 4.58 Å². The minimum absolute atomic E-state index is 1.11. The second-order valence-corrected chi connectivity index (χ2v) is 4.03. The van der Waals surface area contributed by atoms with Gasteiger partial charge in [-0.1, -0.05) is 0 Å². The second kappa shape index (κ2) is 6.49. The highest BCUT2D eigenvalue weighted by atomic mass is 32.2. The lowest BCUT2D eigenvalue weighted by molar-refractivity contribution is -0.528. The summed E-state index contributed by atoms with van der Waals surface area (Å²) in [7, 11) is 1.73. The van der Waals surface area contributed by atoms with Gasteiger partial charge in [-0.2, -0.15) is 0 Å². The van der Waals surface area contributed by atoms with Crippen molar-refractivity contribution in [3.05, 3.63) is 0 Å². The van der Waals surface area contributed by atoms with Gasteiger partial charge in [0.2, 0.25) is 0 Å². The van der Waals surface area contributed by atoms with Crippen molar-refractivity contribution in [3.63, 3.8) is 0 Å². The molecule has 0 saturated carbocycles. The predicted octanol–water partition coefficient (Wildman–Crippen LogP) is 1.94. The first-order chi connectivity index (χ1) is 5.93. The molecular weight excluding hydrogens is 170 g/mol. The van der Waals surface area contributed by atoms with Crippen LogP contribution in [0.25, 0.3) is 0 Å². The highest BCUT2D eigenvalue weighted by Gasteiger charge is 2.07. The average molecular weight is 188 g/mol. The number of hydrogen-bond acceptors (Lipinski definition) is 2. The Morgan fingerprint density at radius 3 is 3.08 bits per heavy atom. The lowest BCUT2D eigenvalue weighted by Crippen LogP contribution is -2.20. The molecule has 1 aliphatic heterocycles. The van der Waals surface area contributed by atoms with Crippen molar-refractivity contribution in [3.8, 4) is 0 Å². The molecule has 0 bridgehead atoms. The smallest absolute Gasteiger partial charge is 0.143 e. The van der Waals surface area contributed by atoms with Crippen molar-refractivity contribution < 1.29 is 8.76 Å². The van der Waals surface area contributed by atoms with Gasteiger partial charge in [0.15, 0.2) is 0 Å². The minimum Gasteiger partial charge on any atom is -0.319 e. The molecule has 70 valence electrons. The Bertz CT molecular complexity index is 147. The second-order valence-electron chi connectivity index (χ2n) is 3.06. The normalized spacial score (nSPS) is 17.6. The zero-order valence-electron chi connectivity index (χ0n) is 7.79. The van der Waals surface area contributed by atoms with E-state index in [9.17, 15) is 0 Å². The molecule has 0 atom stereocenters. The summed E-state index contributed by atoms with van der Waals surface area (Å²) in [5.41, 5.74) is 0. The molecule has 0 radical (unpaired) electrons. The SMILES string of the molecule is COSCCC[N+]1=CCCCC1. The lowest BCUT2D eigenvalue weighted by Gasteiger charge is -2.07. The van der Waals surface area contributed by atoms with Crippen LogP contribution < -0.4 is 0 Å². The third kappa shape index (κ3) is 4.12. The van der Waals surface area contributed by atoms with Crippen LogP contribution in [0.4, 0.5) is 0 Å². The fourth-order valence-corrected chi connectivity index (χ4v) is 1.85. The highest BCUT2D eigenvalue weighted by molar-refractivity contribution is 7.94. The Kier molecular flexibility index (Phi) is 5.44. The summed E-state index contributed by atoms with van der Waals surface area (Å²) in [6, 6.07) is 0. The molecule has 0 N–H and O–H groups in total. The number of nitrogens with zero attached hydrogens (tertiary/aromatic N) is 1. The van der Waals surface area contributed by atoms with Crippen LogP contribution in [0.3, 0.4) is 0 Å². The van der Waals surface area contributed by atoms with Crippen LogP contribution in [0.2, 0.25) is 0 Å². The number of rotatable bonds is 5. The molecule has 1 heterocycles. The van der Waals surface area contributed by atoms with Crippen LogP contribution >= 0.6 is 12.0 Å². The molecule has 12 heavy (non-hydrogen) atoms. The quantitative estimate of drug-likeness (QED) is 0.371. The topological polar surface area (TPSA) is 12.2 Å². The maximum atomic E-state index is 4.92. The van der Waals surface area contributed by atoms with E-state index >= 15 is 0 Å². The monoisotopic (exact) mass is 188 g/mol. The van der Waals surface area contributed by atoms with Gasteiger partial charge in [-0.15, -0.1) is 0 Å². The first-order valence-corrected chi connectivity index (χ1v) is 5.57. The van der Waals surface area contributed by atoms with E-state index < -0.39 is 0 Å². The van der Waals surface area contributed by atoms with E-state index in [1.807, 2.05) is 0 Å². The van der Waals surface area contributed by atoms with E-state index in [0.717, 1.165) is 5.75 Å². The van der Waals surface area contributed by atoms with E-state index in [4.69, 9.17) is 4.18 Å². The summed E-state index contributed by atoms with van der Waals surface area (Å²) in [6.07, 6.45) is 7.60. The van der Waals surface area contributed by atoms with Gasteiger partial charge in [0, 0.05) is 25.0 Å². The molecule has 0 amide bonds. The zero-order valence-corrected chi connectivity index (χ0v) is 8.61. The molecule has 0 aromatic heterocycles. The number of hydrogen-bond donors (Lipinski definition) is 0. The van der Waals surface area contributed by atoms with Crippen molar-refractivity contribution in [2.75, 3.05) is 26.0 Å². The summed E-state index contributed by atoms with van der Waals surface area (Å²) in [6.45, 7) is 2.47. The Hall–Kier alpha value is -0.0200. The van der Waals surface area contributed by atoms with Gasteiger partial charge < -0.3 is 4.18 Å². The van der Waals surface area contributed by atoms with Crippen LogP contribution in [0.1, 0.15) is 25.7 Å². The van der Waals surface area contributed by atoms with Crippen LogP contribution in [-0.4, -0.2) is 36.7 Å². The van der Waals surface area contributed by atoms with Crippen molar-refractivity contribution in [2.45, 2.75) is 25.7 Å². The van der Waals surface area contributed by atoms with Crippen molar-refractivity contribution >= 4 is 18.3 Å². The molecule has 0 aromatic rings. The molecule has 0 aromatic carbocycles. The van der Waals surface area contributed by atoms with Gasteiger partial charge in [0.05, 0.1) is 7.11 Å². The fraction of sp³-hybridized carbons (Fsp3) is 0.889. The van der Waals surface area contributed by atoms with Gasteiger partial charge in [0.1, 0.15) is 19.3 Å². The van der Waals surface area contributed by atoms with Gasteiger partial charge in [-0.3, -0.25) is 0 Å².